The Balaban J connectivity index is 2.17. The van der Waals surface area contributed by atoms with Gasteiger partial charge < -0.3 is 50.5 Å². The largest absolute Gasteiger partial charge is 0.394 e. The Morgan fingerprint density at radius 3 is 1.28 bits per heavy atom. The molecule has 8 N–H and O–H groups in total. The third-order valence-corrected chi connectivity index (χ3v) is 14.5. The van der Waals surface area contributed by atoms with E-state index in [0.29, 0.717) is 19.3 Å². The number of carbonyl (C=O) groups is 1. The molecule has 1 heterocycles. The molecule has 71 heavy (non-hydrogen) atoms. The Hall–Kier alpha value is -1.67. The SMILES string of the molecule is C/C=C/CC/C=C/CC/C=C/CCCC(O)C(O)C(COC1OC(CO)C(O)C(O)C1O)NC(=O)C(O)CCCCCCCCCCCCCCCCCCCCCCCCCCCCCCCCCC. The summed E-state index contributed by atoms with van der Waals surface area (Å²) in [6.07, 6.45) is 49.7. The van der Waals surface area contributed by atoms with Crippen molar-refractivity contribution in [2.24, 2.45) is 0 Å². The van der Waals surface area contributed by atoms with E-state index >= 15 is 0 Å². The molecule has 0 bridgehead atoms. The number of hydrogen-bond acceptors (Lipinski definition) is 10. The molecule has 0 aliphatic carbocycles. The van der Waals surface area contributed by atoms with Crippen molar-refractivity contribution in [3.8, 4) is 0 Å². The number of unbranched alkanes of at least 4 members (excludes halogenated alkanes) is 34. The van der Waals surface area contributed by atoms with Gasteiger partial charge in [-0.15, -0.1) is 0 Å². The Bertz CT molecular complexity index is 1250. The smallest absolute Gasteiger partial charge is 0.249 e. The summed E-state index contributed by atoms with van der Waals surface area (Å²) in [6, 6.07) is -1.19. The predicted octanol–water partition coefficient (Wildman–Crippen LogP) is 12.7. The van der Waals surface area contributed by atoms with Gasteiger partial charge in [-0.2, -0.15) is 0 Å². The first-order valence-corrected chi connectivity index (χ1v) is 29.9. The highest BCUT2D eigenvalue weighted by molar-refractivity contribution is 5.80. The highest BCUT2D eigenvalue weighted by Gasteiger charge is 2.44. The molecule has 11 heteroatoms. The van der Waals surface area contributed by atoms with E-state index in [1.165, 1.54) is 180 Å². The molecule has 1 rings (SSSR count). The summed E-state index contributed by atoms with van der Waals surface area (Å²) in [7, 11) is 0. The first kappa shape index (κ1) is 67.3. The van der Waals surface area contributed by atoms with Gasteiger partial charge in [-0.3, -0.25) is 4.79 Å². The Morgan fingerprint density at radius 1 is 0.507 bits per heavy atom. The van der Waals surface area contributed by atoms with E-state index in [-0.39, 0.29) is 12.8 Å². The summed E-state index contributed by atoms with van der Waals surface area (Å²) >= 11 is 0. The van der Waals surface area contributed by atoms with Crippen LogP contribution in [0.3, 0.4) is 0 Å². The second-order valence-corrected chi connectivity index (χ2v) is 21.1. The number of aliphatic hydroxyl groups is 7. The number of amides is 1. The predicted molar refractivity (Wildman–Crippen MR) is 293 cm³/mol. The summed E-state index contributed by atoms with van der Waals surface area (Å²) in [5.41, 5.74) is 0. The molecule has 9 atom stereocenters. The summed E-state index contributed by atoms with van der Waals surface area (Å²) in [6.45, 7) is 3.23. The molecule has 0 aromatic carbocycles. The van der Waals surface area contributed by atoms with Crippen LogP contribution in [0, 0.1) is 0 Å². The van der Waals surface area contributed by atoms with Crippen LogP contribution in [0.4, 0.5) is 0 Å². The summed E-state index contributed by atoms with van der Waals surface area (Å²) in [5, 5.41) is 75.9. The van der Waals surface area contributed by atoms with Crippen LogP contribution in [0.2, 0.25) is 0 Å². The van der Waals surface area contributed by atoms with Gasteiger partial charge in [0.05, 0.1) is 25.4 Å². The topological polar surface area (TPSA) is 189 Å². The van der Waals surface area contributed by atoms with Gasteiger partial charge in [0.25, 0.3) is 0 Å². The van der Waals surface area contributed by atoms with Gasteiger partial charge in [-0.25, -0.2) is 0 Å². The monoisotopic (exact) mass is 1010 g/mol. The molecular weight excluding hydrogens is 895 g/mol. The highest BCUT2D eigenvalue weighted by atomic mass is 16.7. The van der Waals surface area contributed by atoms with Gasteiger partial charge in [0.1, 0.15) is 36.6 Å². The summed E-state index contributed by atoms with van der Waals surface area (Å²) in [5.74, 6) is -0.710. The maximum Gasteiger partial charge on any atom is 0.249 e. The van der Waals surface area contributed by atoms with E-state index in [1.807, 2.05) is 6.92 Å². The molecule has 1 fully saturated rings. The summed E-state index contributed by atoms with van der Waals surface area (Å²) < 4.78 is 11.1. The number of ether oxygens (including phenoxy) is 2. The van der Waals surface area contributed by atoms with Crippen LogP contribution in [0.25, 0.3) is 0 Å². The van der Waals surface area contributed by atoms with Crippen molar-refractivity contribution in [3.63, 3.8) is 0 Å². The first-order chi connectivity index (χ1) is 34.7. The molecule has 418 valence electrons. The van der Waals surface area contributed by atoms with Gasteiger partial charge >= 0.3 is 0 Å². The van der Waals surface area contributed by atoms with E-state index in [1.54, 1.807) is 0 Å². The van der Waals surface area contributed by atoms with Crippen molar-refractivity contribution in [1.82, 2.24) is 5.32 Å². The minimum atomic E-state index is -1.67. The molecular formula is C60H113NO10. The molecule has 1 saturated heterocycles. The second kappa shape index (κ2) is 49.2. The fourth-order valence-electron chi connectivity index (χ4n) is 9.66. The molecule has 0 aromatic heterocycles. The van der Waals surface area contributed by atoms with Crippen molar-refractivity contribution < 1.29 is 50.0 Å². The van der Waals surface area contributed by atoms with E-state index < -0.39 is 74.2 Å². The number of nitrogens with one attached hydrogen (secondary N) is 1. The average molecular weight is 1010 g/mol. The minimum Gasteiger partial charge on any atom is -0.394 e. The lowest BCUT2D eigenvalue weighted by atomic mass is 9.98. The van der Waals surface area contributed by atoms with Crippen molar-refractivity contribution in [3.05, 3.63) is 36.5 Å². The number of aliphatic hydroxyl groups excluding tert-OH is 7. The molecule has 1 aliphatic rings. The molecule has 0 radical (unpaired) electrons. The highest BCUT2D eigenvalue weighted by Crippen LogP contribution is 2.23. The van der Waals surface area contributed by atoms with Gasteiger partial charge in [0, 0.05) is 0 Å². The van der Waals surface area contributed by atoms with Crippen LogP contribution in [0.1, 0.15) is 271 Å². The molecule has 0 spiro atoms. The third-order valence-electron chi connectivity index (χ3n) is 14.5. The Morgan fingerprint density at radius 2 is 0.887 bits per heavy atom. The van der Waals surface area contributed by atoms with Gasteiger partial charge in [0.2, 0.25) is 5.91 Å². The number of allylic oxidation sites excluding steroid dienone is 6. The number of hydrogen-bond donors (Lipinski definition) is 8. The van der Waals surface area contributed by atoms with Gasteiger partial charge in [0.15, 0.2) is 6.29 Å². The zero-order chi connectivity index (χ0) is 51.8. The van der Waals surface area contributed by atoms with E-state index in [4.69, 9.17) is 9.47 Å². The molecule has 0 saturated carbocycles. The standard InChI is InChI=1S/C60H113NO10/c1-3-5-7-9-11-13-15-17-18-19-20-21-22-23-24-25-26-27-28-29-30-31-32-33-34-35-36-38-40-42-44-46-48-53(64)59(69)61-51(50-70-60-58(68)57(67)56(66)54(49-62)71-60)55(65)52(63)47-45-43-41-39-37-16-14-12-10-8-6-4-2/h4,6,12,14,39,41,51-58,60,62-68H,3,5,7-11,13,15-38,40,42-50H2,1-2H3,(H,61,69)/b6-4+,14-12+,41-39+. The van der Waals surface area contributed by atoms with Crippen LogP contribution in [-0.4, -0.2) is 110 Å². The minimum absolute atomic E-state index is 0.241. The fraction of sp³-hybridized carbons (Fsp3) is 0.883. The maximum absolute atomic E-state index is 13.2. The van der Waals surface area contributed by atoms with Crippen LogP contribution in [-0.2, 0) is 14.3 Å². The Kier molecular flexibility index (Phi) is 46.7. The number of carbonyl (C=O) groups excluding carboxylic acids is 1. The second-order valence-electron chi connectivity index (χ2n) is 21.1. The van der Waals surface area contributed by atoms with Crippen molar-refractivity contribution in [2.75, 3.05) is 13.2 Å². The number of rotatable bonds is 51. The van der Waals surface area contributed by atoms with Crippen LogP contribution in [0.5, 0.6) is 0 Å². The zero-order valence-electron chi connectivity index (χ0n) is 45.7. The lowest BCUT2D eigenvalue weighted by molar-refractivity contribution is -0.303. The molecule has 1 aliphatic heterocycles. The van der Waals surface area contributed by atoms with Gasteiger partial charge in [-0.05, 0) is 58.3 Å². The Labute approximate surface area is 435 Å². The molecule has 9 unspecified atom stereocenters. The van der Waals surface area contributed by atoms with Gasteiger partial charge in [-0.1, -0.05) is 249 Å². The zero-order valence-corrected chi connectivity index (χ0v) is 45.7. The third kappa shape index (κ3) is 37.7. The van der Waals surface area contributed by atoms with Crippen LogP contribution in [0.15, 0.2) is 36.5 Å². The average Bonchev–Trinajstić information content (AvgIpc) is 3.37. The van der Waals surface area contributed by atoms with E-state index in [2.05, 4.69) is 48.7 Å². The van der Waals surface area contributed by atoms with Crippen molar-refractivity contribution >= 4 is 5.91 Å². The normalized spacial score (nSPS) is 20.4. The maximum atomic E-state index is 13.2. The van der Waals surface area contributed by atoms with Crippen LogP contribution >= 0.6 is 0 Å². The summed E-state index contributed by atoms with van der Waals surface area (Å²) in [4.78, 5) is 13.2. The fourth-order valence-corrected chi connectivity index (χ4v) is 9.66. The van der Waals surface area contributed by atoms with Crippen LogP contribution < -0.4 is 5.32 Å². The first-order valence-electron chi connectivity index (χ1n) is 29.9. The quantitative estimate of drug-likeness (QED) is 0.0215. The van der Waals surface area contributed by atoms with E-state index in [9.17, 15) is 40.5 Å². The lowest BCUT2D eigenvalue weighted by Gasteiger charge is -2.40. The van der Waals surface area contributed by atoms with Crippen molar-refractivity contribution in [1.29, 1.82) is 0 Å². The van der Waals surface area contributed by atoms with Crippen molar-refractivity contribution in [2.45, 2.75) is 326 Å². The van der Waals surface area contributed by atoms with E-state index in [0.717, 1.165) is 44.9 Å². The lowest BCUT2D eigenvalue weighted by Crippen LogP contribution is -2.60. The molecule has 11 nitrogen and oxygen atoms in total. The molecule has 0 aromatic rings. The molecule has 1 amide bonds.